The molecule has 7 nitrogen and oxygen atoms in total. The van der Waals surface area contributed by atoms with Crippen molar-refractivity contribution >= 4 is 19.3 Å². The van der Waals surface area contributed by atoms with Gasteiger partial charge < -0.3 is 6.45 Å². The molecular formula is C4H4BF4LiO7. The fourth-order valence-corrected chi connectivity index (χ4v) is 0.201. The maximum atomic E-state index is 10.8. The maximum absolute atomic E-state index is 10.8. The largest absolute Gasteiger partial charge is 1.00 e. The Kier molecular flexibility index (Phi) is 18.7. The minimum atomic E-state index is -2.40. The Hall–Kier alpha value is -1.06. The van der Waals surface area contributed by atoms with E-state index < -0.39 is 19.3 Å². The predicted octanol–water partition coefficient (Wildman–Crippen LogP) is -2.72. The molecular weight excluding hydrogens is 254 g/mol. The molecule has 1 N–H and O–H groups in total. The fourth-order valence-electron chi connectivity index (χ4n) is 0.201. The van der Waals surface area contributed by atoms with Crippen LogP contribution in [0.2, 0.25) is 0 Å². The van der Waals surface area contributed by atoms with Crippen molar-refractivity contribution in [2.75, 3.05) is 0 Å². The molecule has 0 aromatic heterocycles. The minimum absolute atomic E-state index is 0. The van der Waals surface area contributed by atoms with Gasteiger partial charge in [0, 0.05) is 21.2 Å². The Bertz CT molecular complexity index is 225. The van der Waals surface area contributed by atoms with Crippen molar-refractivity contribution in [2.45, 2.75) is 0 Å². The quantitative estimate of drug-likeness (QED) is 0.332. The van der Waals surface area contributed by atoms with Gasteiger partial charge in [0.25, 0.3) is 0 Å². The normalized spacial score (nSPS) is 8.53. The summed E-state index contributed by atoms with van der Waals surface area (Å²) in [7, 11) is -2.40. The summed E-state index contributed by atoms with van der Waals surface area (Å²) < 4.78 is 42.1. The molecule has 0 amide bonds. The second kappa shape index (κ2) is 14.9. The van der Waals surface area contributed by atoms with Crippen molar-refractivity contribution in [2.24, 2.45) is 0 Å². The number of carbonyl (C=O) groups is 2. The zero-order valence-corrected chi connectivity index (χ0v) is 8.14. The van der Waals surface area contributed by atoms with Crippen LogP contribution in [0.3, 0.4) is 0 Å². The average molecular weight is 258 g/mol. The van der Waals surface area contributed by atoms with E-state index in [2.05, 4.69) is 19.6 Å². The van der Waals surface area contributed by atoms with E-state index in [1.54, 1.807) is 0 Å². The van der Waals surface area contributed by atoms with E-state index in [4.69, 9.17) is 5.02 Å². The number of halogens is 4. The van der Waals surface area contributed by atoms with Gasteiger partial charge >= 0.3 is 38.1 Å². The van der Waals surface area contributed by atoms with E-state index in [1.165, 1.54) is 0 Å². The van der Waals surface area contributed by atoms with Crippen molar-refractivity contribution < 1.29 is 72.6 Å². The van der Waals surface area contributed by atoms with Gasteiger partial charge in [-0.15, -0.1) is 0 Å². The van der Waals surface area contributed by atoms with Crippen LogP contribution < -0.4 is 18.9 Å². The summed E-state index contributed by atoms with van der Waals surface area (Å²) in [5.74, 6) is -2.82. The van der Waals surface area contributed by atoms with E-state index in [0.717, 1.165) is 0 Å². The van der Waals surface area contributed by atoms with Crippen molar-refractivity contribution in [1.29, 1.82) is 0 Å². The van der Waals surface area contributed by atoms with Gasteiger partial charge in [-0.25, -0.2) is 9.59 Å². The Morgan fingerprint density at radius 1 is 1.00 bits per heavy atom. The monoisotopic (exact) mass is 258 g/mol. The van der Waals surface area contributed by atoms with Crippen LogP contribution in [0.15, 0.2) is 12.2 Å². The molecule has 0 heterocycles. The molecule has 0 aliphatic heterocycles. The second-order valence-electron chi connectivity index (χ2n) is 1.61. The van der Waals surface area contributed by atoms with Crippen LogP contribution in [0.4, 0.5) is 18.1 Å². The molecule has 13 heteroatoms. The van der Waals surface area contributed by atoms with Crippen LogP contribution in [0.5, 0.6) is 0 Å². The third-order valence-corrected chi connectivity index (χ3v) is 0.660. The van der Waals surface area contributed by atoms with Crippen molar-refractivity contribution in [3.8, 4) is 0 Å². The van der Waals surface area contributed by atoms with Gasteiger partial charge in [-0.2, -0.15) is 9.72 Å². The number of rotatable bonds is 4. The Labute approximate surface area is 105 Å². The maximum Gasteiger partial charge on any atom is 1.00 e. The van der Waals surface area contributed by atoms with E-state index in [0.29, 0.717) is 12.2 Å². The molecule has 0 rings (SSSR count). The smallest absolute Gasteiger partial charge is 1.00 e. The first-order valence-electron chi connectivity index (χ1n) is 3.07. The Morgan fingerprint density at radius 3 is 1.41 bits per heavy atom. The van der Waals surface area contributed by atoms with Crippen LogP contribution in [0.1, 0.15) is 1.43 Å². The predicted molar refractivity (Wildman–Crippen MR) is 37.0 cm³/mol. The second-order valence-corrected chi connectivity index (χ2v) is 1.61. The third kappa shape index (κ3) is 17.5. The minimum Gasteiger partial charge on any atom is -1.00 e. The first-order chi connectivity index (χ1) is 7.51. The first-order valence-corrected chi connectivity index (χ1v) is 3.07. The van der Waals surface area contributed by atoms with Crippen LogP contribution in [-0.2, 0) is 29.2 Å². The van der Waals surface area contributed by atoms with Gasteiger partial charge in [-0.1, -0.05) is 9.05 Å². The first kappa shape index (κ1) is 21.3. The van der Waals surface area contributed by atoms with E-state index >= 15 is 0 Å². The summed E-state index contributed by atoms with van der Waals surface area (Å²) >= 11 is 0. The van der Waals surface area contributed by atoms with Crippen LogP contribution in [-0.4, -0.2) is 24.3 Å². The third-order valence-electron chi connectivity index (χ3n) is 0.660. The van der Waals surface area contributed by atoms with Gasteiger partial charge in [0.05, 0.1) is 0 Å². The summed E-state index contributed by atoms with van der Waals surface area (Å²) in [4.78, 5) is 29.5. The Balaban J connectivity index is -0.000000108. The summed E-state index contributed by atoms with van der Waals surface area (Å²) in [5, 5.41) is 7.47. The zero-order valence-electron chi connectivity index (χ0n) is 9.14. The number of carbonyl (C=O) groups excluding carboxylic acids is 2. The molecule has 0 aromatic carbocycles. The molecule has 0 fully saturated rings. The number of hydrogen-bond donors (Lipinski definition) is 1. The molecule has 94 valence electrons. The van der Waals surface area contributed by atoms with E-state index in [9.17, 15) is 27.7 Å². The molecule has 17 heavy (non-hydrogen) atoms. The van der Waals surface area contributed by atoms with Crippen molar-refractivity contribution in [1.82, 2.24) is 0 Å². The molecule has 0 radical (unpaired) electrons. The van der Waals surface area contributed by atoms with Gasteiger partial charge in [0.15, 0.2) is 0 Å². The average Bonchev–Trinajstić information content (AvgIpc) is 2.34. The molecule has 0 atom stereocenters. The topological polar surface area (TPSA) is 91.3 Å². The molecule has 0 unspecified atom stereocenters. The van der Waals surface area contributed by atoms with Crippen molar-refractivity contribution in [3.63, 3.8) is 0 Å². The summed E-state index contributed by atoms with van der Waals surface area (Å²) in [6, 6.07) is 0. The molecule has 0 saturated carbocycles. The molecule has 0 saturated heterocycles. The van der Waals surface area contributed by atoms with Crippen molar-refractivity contribution in [3.05, 3.63) is 12.2 Å². The summed E-state index contributed by atoms with van der Waals surface area (Å²) in [5.41, 5.74) is 0. The number of hydrogen-bond acceptors (Lipinski definition) is 7. The van der Waals surface area contributed by atoms with Crippen LogP contribution in [0, 0.1) is 0 Å². The van der Waals surface area contributed by atoms with Gasteiger partial charge in [0.2, 0.25) is 0 Å². The van der Waals surface area contributed by atoms with Crippen LogP contribution in [0.25, 0.3) is 0 Å². The molecule has 0 spiro atoms. The van der Waals surface area contributed by atoms with Crippen LogP contribution >= 0.6 is 0 Å². The summed E-state index contributed by atoms with van der Waals surface area (Å²) in [6.07, 6.45) is 0.754. The standard InChI is InChI=1S/C4H2F2O4.BF2HO3.Li.H/c5-9-3(7)1-2-4(8)10-6;2-5-1(4)6-3;;/h1-2H;4H;;/q;;+1;-1/b2-1-;;;. The van der Waals surface area contributed by atoms with Gasteiger partial charge in [0.1, 0.15) is 0 Å². The SMILES string of the molecule is O=C(/C=C\C(=O)OF)OF.OB(OF)OF.[H-].[Li+]. The Morgan fingerprint density at radius 2 is 1.29 bits per heavy atom. The zero-order chi connectivity index (χ0) is 13.0. The van der Waals surface area contributed by atoms with E-state index in [-0.39, 0.29) is 20.3 Å². The molecule has 0 aliphatic rings. The molecule has 0 aromatic rings. The molecule has 0 bridgehead atoms. The van der Waals surface area contributed by atoms with Gasteiger partial charge in [-0.05, 0) is 0 Å². The molecule has 0 aliphatic carbocycles. The van der Waals surface area contributed by atoms with Gasteiger partial charge in [-0.3, -0.25) is 9.88 Å². The summed E-state index contributed by atoms with van der Waals surface area (Å²) in [6.45, 7) is 0. The fraction of sp³-hybridized carbons (Fsp3) is 0. The van der Waals surface area contributed by atoms with E-state index in [1.807, 2.05) is 0 Å².